The van der Waals surface area contributed by atoms with E-state index in [2.05, 4.69) is 12.1 Å². The lowest BCUT2D eigenvalue weighted by molar-refractivity contribution is 0.276. The summed E-state index contributed by atoms with van der Waals surface area (Å²) >= 11 is 4.08. The molecule has 0 aliphatic heterocycles. The summed E-state index contributed by atoms with van der Waals surface area (Å²) in [7, 11) is 1.24. The average molecular weight is 138 g/mol. The number of rotatable bonds is 2. The van der Waals surface area contributed by atoms with Crippen LogP contribution in [0.1, 0.15) is 0 Å². The molecule has 0 atom stereocenters. The summed E-state index contributed by atoms with van der Waals surface area (Å²) in [4.78, 5) is 0. The van der Waals surface area contributed by atoms with Gasteiger partial charge in [-0.3, -0.25) is 0 Å². The van der Waals surface area contributed by atoms with E-state index in [1.54, 1.807) is 14.2 Å². The van der Waals surface area contributed by atoms with Gasteiger partial charge in [-0.05, 0) is 6.55 Å². The Kier molecular flexibility index (Phi) is 2.90. The highest BCUT2D eigenvalue weighted by atomic mass is 32.3. The topological polar surface area (TPSA) is 18.5 Å². The van der Waals surface area contributed by atoms with E-state index in [0.717, 1.165) is 0 Å². The Balaban J connectivity index is 3.36. The van der Waals surface area contributed by atoms with Crippen LogP contribution in [0, 0.1) is 0 Å². The molecule has 0 amide bonds. The fraction of sp³-hybridized carbons (Fsp3) is 1.00. The van der Waals surface area contributed by atoms with Crippen molar-refractivity contribution in [3.63, 3.8) is 0 Å². The highest BCUT2D eigenvalue weighted by molar-refractivity contribution is 8.12. The first-order valence-corrected chi connectivity index (χ1v) is 5.55. The summed E-state index contributed by atoms with van der Waals surface area (Å²) in [5, 5.41) is 0. The summed E-state index contributed by atoms with van der Waals surface area (Å²) in [6, 6.07) is 0. The Labute approximate surface area is 50.1 Å². The molecule has 7 heavy (non-hydrogen) atoms. The van der Waals surface area contributed by atoms with Gasteiger partial charge in [0.15, 0.2) is 0 Å². The van der Waals surface area contributed by atoms with Crippen molar-refractivity contribution in [2.45, 2.75) is 6.55 Å². The predicted octanol–water partition coefficient (Wildman–Crippen LogP) is 0.778. The molecule has 0 heterocycles. The molecule has 0 aliphatic carbocycles. The Morgan fingerprint density at radius 3 is 1.57 bits per heavy atom. The normalized spacial score (nSPS) is 12.0. The quantitative estimate of drug-likeness (QED) is 0.449. The average Bonchev–Trinajstić information content (AvgIpc) is 1.68. The Morgan fingerprint density at radius 2 is 1.57 bits per heavy atom. The zero-order chi connectivity index (χ0) is 5.91. The molecule has 0 bridgehead atoms. The van der Waals surface area contributed by atoms with Crippen LogP contribution in [-0.2, 0) is 8.85 Å². The maximum Gasteiger partial charge on any atom is 0.399 e. The lowest BCUT2D eigenvalue weighted by Gasteiger charge is -2.13. The smallest absolute Gasteiger partial charge is 0.390 e. The van der Waals surface area contributed by atoms with Gasteiger partial charge in [0.2, 0.25) is 0 Å². The van der Waals surface area contributed by atoms with Crippen molar-refractivity contribution >= 4 is 19.8 Å². The van der Waals surface area contributed by atoms with E-state index in [0.29, 0.717) is 0 Å². The van der Waals surface area contributed by atoms with E-state index >= 15 is 0 Å². The second-order valence-electron chi connectivity index (χ2n) is 1.31. The van der Waals surface area contributed by atoms with Gasteiger partial charge in [0, 0.05) is 14.2 Å². The van der Waals surface area contributed by atoms with Crippen molar-refractivity contribution in [2.75, 3.05) is 14.2 Å². The minimum Gasteiger partial charge on any atom is -0.390 e. The molecule has 0 aliphatic rings. The summed E-state index contributed by atoms with van der Waals surface area (Å²) in [6.45, 7) is 1.86. The molecule has 0 spiro atoms. The zero-order valence-corrected chi connectivity index (χ0v) is 6.66. The van der Waals surface area contributed by atoms with E-state index in [1.165, 1.54) is 0 Å². The van der Waals surface area contributed by atoms with Gasteiger partial charge in [0.1, 0.15) is 0 Å². The van der Waals surface area contributed by atoms with Gasteiger partial charge in [-0.15, -0.1) is 12.1 Å². The van der Waals surface area contributed by atoms with Crippen LogP contribution in [0.15, 0.2) is 0 Å². The zero-order valence-electron chi connectivity index (χ0n) is 4.76. The maximum atomic E-state index is 4.87. The largest absolute Gasteiger partial charge is 0.399 e. The third kappa shape index (κ3) is 3.10. The lowest BCUT2D eigenvalue weighted by Crippen LogP contribution is -2.28. The van der Waals surface area contributed by atoms with E-state index in [1.807, 2.05) is 6.55 Å². The molecule has 4 heteroatoms. The van der Waals surface area contributed by atoms with Crippen molar-refractivity contribution in [3.8, 4) is 0 Å². The van der Waals surface area contributed by atoms with Gasteiger partial charge < -0.3 is 8.85 Å². The third-order valence-corrected chi connectivity index (χ3v) is 3.37. The van der Waals surface area contributed by atoms with Crippen molar-refractivity contribution in [3.05, 3.63) is 0 Å². The maximum absolute atomic E-state index is 4.87. The van der Waals surface area contributed by atoms with E-state index in [-0.39, 0.29) is 0 Å². The molecular formula is C3H10O2SSi. The van der Waals surface area contributed by atoms with E-state index < -0.39 is 7.71 Å². The standard InChI is InChI=1S/C3H10O2SSi/c1-4-7(3,6)5-2/h6H,1-3H3. The highest BCUT2D eigenvalue weighted by Crippen LogP contribution is 2.06. The first kappa shape index (κ1) is 7.49. The Hall–Kier alpha value is 0.487. The molecule has 0 aromatic heterocycles. The Morgan fingerprint density at radius 1 is 1.29 bits per heavy atom. The van der Waals surface area contributed by atoms with Gasteiger partial charge in [-0.1, -0.05) is 0 Å². The second kappa shape index (κ2) is 2.71. The Bertz CT molecular complexity index is 50.9. The monoisotopic (exact) mass is 138 g/mol. The van der Waals surface area contributed by atoms with Crippen LogP contribution in [0.25, 0.3) is 0 Å². The number of hydrogen-bond acceptors (Lipinski definition) is 3. The molecule has 0 aromatic carbocycles. The molecule has 0 N–H and O–H groups in total. The molecule has 0 unspecified atom stereocenters. The van der Waals surface area contributed by atoms with Gasteiger partial charge in [0.25, 0.3) is 0 Å². The molecule has 44 valence electrons. The molecule has 0 radical (unpaired) electrons. The van der Waals surface area contributed by atoms with Crippen molar-refractivity contribution in [1.29, 1.82) is 0 Å². The van der Waals surface area contributed by atoms with Crippen LogP contribution >= 0.6 is 12.1 Å². The van der Waals surface area contributed by atoms with Crippen LogP contribution in [0.3, 0.4) is 0 Å². The molecule has 0 aromatic rings. The van der Waals surface area contributed by atoms with Gasteiger partial charge in [-0.2, -0.15) is 0 Å². The second-order valence-corrected chi connectivity index (χ2v) is 6.36. The summed E-state index contributed by atoms with van der Waals surface area (Å²) in [6.07, 6.45) is 0. The van der Waals surface area contributed by atoms with Crippen molar-refractivity contribution in [2.24, 2.45) is 0 Å². The molecule has 0 saturated carbocycles. The van der Waals surface area contributed by atoms with Crippen LogP contribution in [-0.4, -0.2) is 21.9 Å². The van der Waals surface area contributed by atoms with Crippen molar-refractivity contribution in [1.82, 2.24) is 0 Å². The molecule has 2 nitrogen and oxygen atoms in total. The minimum absolute atomic E-state index is 1.60. The first-order chi connectivity index (χ1) is 3.12. The van der Waals surface area contributed by atoms with E-state index in [4.69, 9.17) is 8.85 Å². The van der Waals surface area contributed by atoms with Gasteiger partial charge in [-0.25, -0.2) is 0 Å². The van der Waals surface area contributed by atoms with Gasteiger partial charge in [0.05, 0.1) is 0 Å². The fourth-order valence-corrected chi connectivity index (χ4v) is 0.250. The van der Waals surface area contributed by atoms with E-state index in [9.17, 15) is 0 Å². The van der Waals surface area contributed by atoms with Crippen LogP contribution in [0.2, 0.25) is 6.55 Å². The first-order valence-electron chi connectivity index (χ1n) is 1.95. The van der Waals surface area contributed by atoms with Crippen LogP contribution in [0.5, 0.6) is 0 Å². The molecule has 0 fully saturated rings. The molecular weight excluding hydrogens is 128 g/mol. The third-order valence-electron chi connectivity index (χ3n) is 0.757. The summed E-state index contributed by atoms with van der Waals surface area (Å²) in [5.41, 5.74) is 0. The number of hydrogen-bond donors (Lipinski definition) is 1. The highest BCUT2D eigenvalue weighted by Gasteiger charge is 2.21. The molecule has 0 rings (SSSR count). The number of thiol groups is 1. The van der Waals surface area contributed by atoms with Crippen LogP contribution in [0.4, 0.5) is 0 Å². The lowest BCUT2D eigenvalue weighted by atomic mass is 11.8. The fourth-order valence-electron chi connectivity index (χ4n) is 0.0833. The summed E-state index contributed by atoms with van der Waals surface area (Å²) in [5.74, 6) is 0. The van der Waals surface area contributed by atoms with Crippen molar-refractivity contribution < 1.29 is 8.85 Å². The minimum atomic E-state index is -1.96. The van der Waals surface area contributed by atoms with Gasteiger partial charge >= 0.3 is 7.71 Å². The van der Waals surface area contributed by atoms with Crippen LogP contribution < -0.4 is 0 Å². The summed E-state index contributed by atoms with van der Waals surface area (Å²) < 4.78 is 9.74. The molecule has 0 saturated heterocycles. The SMILES string of the molecule is CO[Si](C)(S)OC. The predicted molar refractivity (Wildman–Crippen MR) is 34.6 cm³/mol.